The van der Waals surface area contributed by atoms with Gasteiger partial charge in [0.2, 0.25) is 6.73 Å². The molecule has 0 radical (unpaired) electrons. The molecule has 262 valence electrons. The van der Waals surface area contributed by atoms with E-state index in [1.54, 1.807) is 31.7 Å². The van der Waals surface area contributed by atoms with Crippen LogP contribution in [0, 0.1) is 13.8 Å². The van der Waals surface area contributed by atoms with Crippen molar-refractivity contribution >= 4 is 40.3 Å². The van der Waals surface area contributed by atoms with Gasteiger partial charge < -0.3 is 20.2 Å². The summed E-state index contributed by atoms with van der Waals surface area (Å²) in [4.78, 5) is 50.6. The number of hydrogen-bond acceptors (Lipinski definition) is 8. The summed E-state index contributed by atoms with van der Waals surface area (Å²) in [6, 6.07) is 10.1. The number of H-pyrrole nitrogens is 1. The van der Waals surface area contributed by atoms with Crippen molar-refractivity contribution in [1.82, 2.24) is 24.6 Å². The first-order chi connectivity index (χ1) is 23.9. The standard InChI is InChI=1S/C37H44N8O5/c1-22(2)33-29-16-27(9-10-31(29)42-34(33)30-17-44-35(40-20-41-44)24(4)23(30)3)26-11-14-45(15-12-26,18-32(38)47)21-50-37(48)43(6)36-28(8-7-13-39-36)19-49-25(5)46/h7-10,13,16-17,20,22,26,42H,11-12,14-15,18-19,21H2,1-6H3,(H-,38,47)/p+1. The molecule has 1 aliphatic heterocycles. The third kappa shape index (κ3) is 6.77. The molecule has 0 aliphatic carbocycles. The maximum absolute atomic E-state index is 13.2. The van der Waals surface area contributed by atoms with Crippen LogP contribution in [0.4, 0.5) is 10.6 Å². The number of nitrogens with one attached hydrogen (secondary N) is 1. The van der Waals surface area contributed by atoms with Crippen LogP contribution in [-0.4, -0.2) is 80.4 Å². The molecule has 50 heavy (non-hydrogen) atoms. The highest BCUT2D eigenvalue weighted by Gasteiger charge is 2.38. The SMILES string of the molecule is CC(=O)OCc1cccnc1N(C)C(=O)OC[N+]1(CC(N)=O)CCC(c2ccc3[nH]c(-c4cn5ncnc5c(C)c4C)c(C(C)C)c3c2)CC1. The molecule has 3 N–H and O–H groups in total. The first-order valence-corrected chi connectivity index (χ1v) is 16.9. The number of likely N-dealkylation sites (tertiary alicyclic amines) is 1. The van der Waals surface area contributed by atoms with Crippen molar-refractivity contribution < 1.29 is 28.3 Å². The first-order valence-electron chi connectivity index (χ1n) is 16.9. The predicted molar refractivity (Wildman–Crippen MR) is 189 cm³/mol. The molecule has 1 aliphatic rings. The second-order valence-corrected chi connectivity index (χ2v) is 13.7. The van der Waals surface area contributed by atoms with Gasteiger partial charge in [-0.05, 0) is 66.1 Å². The van der Waals surface area contributed by atoms with E-state index < -0.39 is 18.0 Å². The minimum absolute atomic E-state index is 0.00245. The van der Waals surface area contributed by atoms with E-state index in [0.29, 0.717) is 24.5 Å². The zero-order valence-electron chi connectivity index (χ0n) is 29.5. The normalized spacial score (nSPS) is 17.7. The highest BCUT2D eigenvalue weighted by Crippen LogP contribution is 2.40. The molecule has 0 saturated carbocycles. The van der Waals surface area contributed by atoms with Crippen molar-refractivity contribution in [1.29, 1.82) is 0 Å². The topological polar surface area (TPSA) is 158 Å². The number of benzene rings is 1. The summed E-state index contributed by atoms with van der Waals surface area (Å²) in [5.41, 5.74) is 15.2. The van der Waals surface area contributed by atoms with Gasteiger partial charge in [0.05, 0.1) is 18.8 Å². The minimum atomic E-state index is -0.625. The van der Waals surface area contributed by atoms with Gasteiger partial charge >= 0.3 is 12.1 Å². The van der Waals surface area contributed by atoms with Gasteiger partial charge in [0.1, 0.15) is 18.8 Å². The van der Waals surface area contributed by atoms with Gasteiger partial charge in [-0.25, -0.2) is 19.3 Å². The zero-order chi connectivity index (χ0) is 35.7. The van der Waals surface area contributed by atoms with Crippen molar-refractivity contribution in [2.24, 2.45) is 5.73 Å². The number of aryl methyl sites for hydroxylation is 1. The van der Waals surface area contributed by atoms with E-state index >= 15 is 0 Å². The molecule has 1 fully saturated rings. The van der Waals surface area contributed by atoms with Crippen molar-refractivity contribution in [3.8, 4) is 11.3 Å². The summed E-state index contributed by atoms with van der Waals surface area (Å²) in [7, 11) is 1.55. The summed E-state index contributed by atoms with van der Waals surface area (Å²) in [5, 5.41) is 5.61. The van der Waals surface area contributed by atoms with Crippen LogP contribution in [0.1, 0.15) is 73.3 Å². The molecule has 1 aromatic carbocycles. The molecule has 5 heterocycles. The minimum Gasteiger partial charge on any atom is -0.461 e. The van der Waals surface area contributed by atoms with Crippen molar-refractivity contribution in [2.75, 3.05) is 38.3 Å². The highest BCUT2D eigenvalue weighted by molar-refractivity contribution is 5.93. The van der Waals surface area contributed by atoms with E-state index in [1.807, 2.05) is 4.52 Å². The number of esters is 1. The van der Waals surface area contributed by atoms with Gasteiger partial charge in [-0.2, -0.15) is 5.10 Å². The number of piperidine rings is 1. The first kappa shape index (κ1) is 34.6. The van der Waals surface area contributed by atoms with Crippen molar-refractivity contribution in [3.63, 3.8) is 0 Å². The third-order valence-electron chi connectivity index (χ3n) is 10.1. The number of aromatic nitrogens is 5. The van der Waals surface area contributed by atoms with Gasteiger partial charge in [-0.3, -0.25) is 19.0 Å². The Morgan fingerprint density at radius 2 is 1.86 bits per heavy atom. The van der Waals surface area contributed by atoms with Crippen LogP contribution < -0.4 is 10.6 Å². The Balaban J connectivity index is 1.20. The number of pyridine rings is 2. The van der Waals surface area contributed by atoms with Gasteiger partial charge in [-0.1, -0.05) is 26.0 Å². The van der Waals surface area contributed by atoms with Gasteiger partial charge in [0.15, 0.2) is 12.2 Å². The number of nitrogens with zero attached hydrogens (tertiary/aromatic N) is 6. The van der Waals surface area contributed by atoms with Crippen LogP contribution in [0.2, 0.25) is 0 Å². The summed E-state index contributed by atoms with van der Waals surface area (Å²) in [6.45, 7) is 11.3. The molecule has 1 saturated heterocycles. The summed E-state index contributed by atoms with van der Waals surface area (Å²) in [5.74, 6) is -0.0202. The average Bonchev–Trinajstić information content (AvgIpc) is 3.72. The van der Waals surface area contributed by atoms with Gasteiger partial charge in [0, 0.05) is 61.2 Å². The van der Waals surface area contributed by atoms with E-state index in [9.17, 15) is 14.4 Å². The van der Waals surface area contributed by atoms with Crippen LogP contribution in [0.15, 0.2) is 49.1 Å². The number of aromatic amines is 1. The van der Waals surface area contributed by atoms with E-state index in [0.717, 1.165) is 40.8 Å². The Morgan fingerprint density at radius 1 is 1.10 bits per heavy atom. The maximum Gasteiger partial charge on any atom is 0.419 e. The molecular formula is C37H45N8O5+. The van der Waals surface area contributed by atoms with Crippen LogP contribution >= 0.6 is 0 Å². The second-order valence-electron chi connectivity index (χ2n) is 13.7. The van der Waals surface area contributed by atoms with Crippen molar-refractivity contribution in [2.45, 2.75) is 65.9 Å². The Labute approximate surface area is 291 Å². The molecule has 6 rings (SSSR count). The molecule has 0 bridgehead atoms. The fraction of sp³-hybridized carbons (Fsp3) is 0.405. The lowest BCUT2D eigenvalue weighted by Gasteiger charge is -2.42. The van der Waals surface area contributed by atoms with Crippen molar-refractivity contribution in [3.05, 3.63) is 76.9 Å². The zero-order valence-corrected chi connectivity index (χ0v) is 29.5. The number of fused-ring (bicyclic) bond motifs is 2. The summed E-state index contributed by atoms with van der Waals surface area (Å²) in [6.07, 6.45) is 6.17. The van der Waals surface area contributed by atoms with E-state index in [4.69, 9.17) is 15.2 Å². The Hall–Kier alpha value is -5.30. The lowest BCUT2D eigenvalue weighted by Crippen LogP contribution is -2.58. The quantitative estimate of drug-likeness (QED) is 0.145. The van der Waals surface area contributed by atoms with Gasteiger partial charge in [0.25, 0.3) is 5.91 Å². The largest absolute Gasteiger partial charge is 0.461 e. The number of amides is 2. The molecule has 0 unspecified atom stereocenters. The Kier molecular flexibility index (Phi) is 9.61. The number of ether oxygens (including phenoxy) is 2. The predicted octanol–water partition coefficient (Wildman–Crippen LogP) is 5.49. The molecule has 13 nitrogen and oxygen atoms in total. The average molecular weight is 682 g/mol. The Morgan fingerprint density at radius 3 is 2.56 bits per heavy atom. The maximum atomic E-state index is 13.2. The lowest BCUT2D eigenvalue weighted by atomic mass is 9.86. The molecule has 2 amide bonds. The van der Waals surface area contributed by atoms with Crippen LogP contribution in [0.3, 0.4) is 0 Å². The second kappa shape index (κ2) is 13.9. The molecule has 4 aromatic heterocycles. The highest BCUT2D eigenvalue weighted by atomic mass is 16.6. The van der Waals surface area contributed by atoms with E-state index in [2.05, 4.69) is 72.1 Å². The third-order valence-corrected chi connectivity index (χ3v) is 10.1. The number of carbonyl (C=O) groups is 3. The number of quaternary nitrogens is 1. The van der Waals surface area contributed by atoms with Crippen LogP contribution in [0.25, 0.3) is 27.8 Å². The molecule has 5 aromatic rings. The van der Waals surface area contributed by atoms with Crippen LogP contribution in [-0.2, 0) is 25.7 Å². The monoisotopic (exact) mass is 681 g/mol. The molecule has 0 spiro atoms. The van der Waals surface area contributed by atoms with E-state index in [1.165, 1.54) is 33.9 Å². The number of hydrogen-bond donors (Lipinski definition) is 2. The number of carbonyl (C=O) groups excluding carboxylic acids is 3. The van der Waals surface area contributed by atoms with E-state index in [-0.39, 0.29) is 36.2 Å². The number of nitrogens with two attached hydrogens (primary N) is 1. The lowest BCUT2D eigenvalue weighted by molar-refractivity contribution is -0.940. The Bertz CT molecular complexity index is 2080. The number of anilines is 1. The smallest absolute Gasteiger partial charge is 0.419 e. The van der Waals surface area contributed by atoms with Gasteiger partial charge in [-0.15, -0.1) is 0 Å². The molecule has 0 atom stereocenters. The molecular weight excluding hydrogens is 636 g/mol. The summed E-state index contributed by atoms with van der Waals surface area (Å²) >= 11 is 0. The number of primary amides is 1. The fourth-order valence-electron chi connectivity index (χ4n) is 7.26. The number of rotatable bonds is 10. The fourth-order valence-corrected chi connectivity index (χ4v) is 7.26. The summed E-state index contributed by atoms with van der Waals surface area (Å²) < 4.78 is 13.0. The molecule has 13 heteroatoms. The van der Waals surface area contributed by atoms with Crippen LogP contribution in [0.5, 0.6) is 0 Å².